The molecule has 2 amide bonds. The number of aliphatic hydroxyl groups excluding tert-OH is 1. The lowest BCUT2D eigenvalue weighted by Gasteiger charge is -2.32. The minimum atomic E-state index is -0.698. The largest absolute Gasteiger partial charge is 0.445 e. The number of thiol groups is 1. The van der Waals surface area contributed by atoms with E-state index in [1.807, 2.05) is 0 Å². The maximum absolute atomic E-state index is 13.1. The zero-order valence-corrected chi connectivity index (χ0v) is 17.4. The molecule has 0 saturated carbocycles. The van der Waals surface area contributed by atoms with E-state index in [0.717, 1.165) is 0 Å². The van der Waals surface area contributed by atoms with Crippen molar-refractivity contribution in [2.75, 3.05) is 39.3 Å². The van der Waals surface area contributed by atoms with Crippen LogP contribution in [0.2, 0.25) is 0 Å². The van der Waals surface area contributed by atoms with Gasteiger partial charge in [-0.2, -0.15) is 12.6 Å². The van der Waals surface area contributed by atoms with Gasteiger partial charge in [-0.1, -0.05) is 0 Å². The number of aliphatic hydroxyl groups is 1. The number of rotatable bonds is 6. The van der Waals surface area contributed by atoms with Crippen LogP contribution in [0.4, 0.5) is 10.5 Å². The minimum absolute atomic E-state index is 0.0461. The first kappa shape index (κ1) is 22.3. The second-order valence-electron chi connectivity index (χ2n) is 7.60. The van der Waals surface area contributed by atoms with Crippen molar-refractivity contribution in [1.82, 2.24) is 15.1 Å². The lowest BCUT2D eigenvalue weighted by Crippen LogP contribution is -2.53. The molecule has 1 aromatic carbocycles. The first-order chi connectivity index (χ1) is 14.3. The van der Waals surface area contributed by atoms with E-state index in [0.29, 0.717) is 44.6 Å². The Kier molecular flexibility index (Phi) is 7.16. The van der Waals surface area contributed by atoms with Crippen LogP contribution in [0.5, 0.6) is 0 Å². The lowest BCUT2D eigenvalue weighted by molar-refractivity contribution is -0.384. The number of carbonyl (C=O) groups is 2. The molecule has 164 valence electrons. The van der Waals surface area contributed by atoms with Gasteiger partial charge in [0.25, 0.3) is 5.69 Å². The van der Waals surface area contributed by atoms with Crippen molar-refractivity contribution in [2.45, 2.75) is 30.2 Å². The topological polar surface area (TPSA) is 125 Å². The van der Waals surface area contributed by atoms with Crippen LogP contribution in [0.15, 0.2) is 24.3 Å². The number of hydrogen-bond acceptors (Lipinski definition) is 8. The van der Waals surface area contributed by atoms with E-state index in [4.69, 9.17) is 4.74 Å². The highest BCUT2D eigenvalue weighted by Gasteiger charge is 2.48. The molecular formula is C19H26N4O6S. The number of carbonyl (C=O) groups excluding carboxylic acids is 2. The summed E-state index contributed by atoms with van der Waals surface area (Å²) in [5.41, 5.74) is 0.556. The number of ether oxygens (including phenoxy) is 1. The fourth-order valence-corrected chi connectivity index (χ4v) is 4.23. The second-order valence-corrected chi connectivity index (χ2v) is 8.55. The Morgan fingerprint density at radius 3 is 2.57 bits per heavy atom. The van der Waals surface area contributed by atoms with Gasteiger partial charge in [-0.05, 0) is 30.5 Å². The van der Waals surface area contributed by atoms with E-state index in [-0.39, 0.29) is 31.4 Å². The number of hydrogen-bond donors (Lipinski definition) is 3. The van der Waals surface area contributed by atoms with Gasteiger partial charge in [0.2, 0.25) is 5.91 Å². The Morgan fingerprint density at radius 2 is 1.97 bits per heavy atom. The van der Waals surface area contributed by atoms with Crippen molar-refractivity contribution in [2.24, 2.45) is 0 Å². The molecule has 1 aromatic rings. The minimum Gasteiger partial charge on any atom is -0.445 e. The van der Waals surface area contributed by atoms with Crippen molar-refractivity contribution in [3.63, 3.8) is 0 Å². The summed E-state index contributed by atoms with van der Waals surface area (Å²) in [6.45, 7) is 2.57. The van der Waals surface area contributed by atoms with Gasteiger partial charge < -0.3 is 20.1 Å². The molecule has 30 heavy (non-hydrogen) atoms. The monoisotopic (exact) mass is 438 g/mol. The van der Waals surface area contributed by atoms with Gasteiger partial charge in [0.1, 0.15) is 12.6 Å². The summed E-state index contributed by atoms with van der Waals surface area (Å²) in [6.07, 6.45) is 0.0512. The third-order valence-corrected chi connectivity index (χ3v) is 6.00. The van der Waals surface area contributed by atoms with Gasteiger partial charge in [0.05, 0.1) is 4.92 Å². The van der Waals surface area contributed by atoms with E-state index in [2.05, 4.69) is 17.9 Å². The first-order valence-corrected chi connectivity index (χ1v) is 10.3. The highest BCUT2D eigenvalue weighted by Crippen LogP contribution is 2.36. The third-order valence-electron chi connectivity index (χ3n) is 5.45. The van der Waals surface area contributed by atoms with Gasteiger partial charge in [-0.15, -0.1) is 0 Å². The van der Waals surface area contributed by atoms with E-state index < -0.39 is 21.8 Å². The van der Waals surface area contributed by atoms with E-state index in [1.165, 1.54) is 29.2 Å². The Hall–Kier alpha value is -2.37. The molecule has 2 heterocycles. The third kappa shape index (κ3) is 5.21. The van der Waals surface area contributed by atoms with Crippen LogP contribution in [0.25, 0.3) is 0 Å². The smallest absolute Gasteiger partial charge is 0.410 e. The number of nitro benzene ring substituents is 1. The van der Waals surface area contributed by atoms with Crippen LogP contribution < -0.4 is 5.32 Å². The maximum Gasteiger partial charge on any atom is 0.410 e. The predicted molar refractivity (Wildman–Crippen MR) is 111 cm³/mol. The summed E-state index contributed by atoms with van der Waals surface area (Å²) in [7, 11) is 0. The van der Waals surface area contributed by atoms with Crippen molar-refractivity contribution in [1.29, 1.82) is 0 Å². The van der Waals surface area contributed by atoms with Crippen LogP contribution in [-0.4, -0.2) is 81.9 Å². The zero-order chi connectivity index (χ0) is 21.7. The Balaban J connectivity index is 1.68. The molecule has 2 saturated heterocycles. The number of nitro groups is 1. The number of piperazine rings is 1. The quantitative estimate of drug-likeness (QED) is 0.341. The molecule has 2 N–H and O–H groups in total. The molecule has 2 atom stereocenters. The van der Waals surface area contributed by atoms with E-state index in [9.17, 15) is 24.8 Å². The number of benzene rings is 1. The highest BCUT2D eigenvalue weighted by molar-refractivity contribution is 7.81. The molecule has 2 aliphatic rings. The van der Waals surface area contributed by atoms with Crippen molar-refractivity contribution < 1.29 is 24.4 Å². The highest BCUT2D eigenvalue weighted by atomic mass is 32.1. The normalized spacial score (nSPS) is 24.0. The summed E-state index contributed by atoms with van der Waals surface area (Å²) in [5, 5.41) is 23.3. The number of nitrogens with one attached hydrogen (secondary N) is 1. The van der Waals surface area contributed by atoms with Crippen LogP contribution in [0, 0.1) is 10.1 Å². The van der Waals surface area contributed by atoms with Gasteiger partial charge in [-0.25, -0.2) is 4.79 Å². The summed E-state index contributed by atoms with van der Waals surface area (Å²) in [4.78, 5) is 39.2. The standard InChI is InChI=1S/C19H26N4O6S/c24-10-5-19(30)11-16(17(25)21-8-6-20-7-9-21)22(13-19)18(26)29-12-14-1-3-15(4-2-14)23(27)28/h1-4,16,20,24,30H,5-13H2. The van der Waals surface area contributed by atoms with E-state index >= 15 is 0 Å². The summed E-state index contributed by atoms with van der Waals surface area (Å²) in [5.74, 6) is -0.141. The molecule has 2 fully saturated rings. The molecule has 0 aromatic heterocycles. The number of likely N-dealkylation sites (tertiary alicyclic amines) is 1. The van der Waals surface area contributed by atoms with Gasteiger partial charge >= 0.3 is 6.09 Å². The van der Waals surface area contributed by atoms with Crippen molar-refractivity contribution in [3.05, 3.63) is 39.9 Å². The SMILES string of the molecule is O=C(C1CC(S)(CCO)CN1C(=O)OCc1ccc([N+](=O)[O-])cc1)N1CCNCC1. The maximum atomic E-state index is 13.1. The van der Waals surface area contributed by atoms with Crippen LogP contribution >= 0.6 is 12.6 Å². The summed E-state index contributed by atoms with van der Waals surface area (Å²) >= 11 is 4.64. The van der Waals surface area contributed by atoms with Gasteiger partial charge in [-0.3, -0.25) is 19.8 Å². The van der Waals surface area contributed by atoms with Gasteiger partial charge in [0.15, 0.2) is 0 Å². The van der Waals surface area contributed by atoms with Crippen molar-refractivity contribution in [3.8, 4) is 0 Å². The molecule has 2 unspecified atom stereocenters. The van der Waals surface area contributed by atoms with Crippen LogP contribution in [0.3, 0.4) is 0 Å². The Labute approximate surface area is 179 Å². The lowest BCUT2D eigenvalue weighted by atomic mass is 10.0. The molecule has 0 aliphatic carbocycles. The average Bonchev–Trinajstić information content (AvgIpc) is 3.10. The van der Waals surface area contributed by atoms with Crippen molar-refractivity contribution >= 4 is 30.3 Å². The predicted octanol–water partition coefficient (Wildman–Crippen LogP) is 0.788. The Morgan fingerprint density at radius 1 is 1.30 bits per heavy atom. The first-order valence-electron chi connectivity index (χ1n) is 9.82. The number of amides is 2. The zero-order valence-electron chi connectivity index (χ0n) is 16.5. The summed E-state index contributed by atoms with van der Waals surface area (Å²) < 4.78 is 4.72. The fourth-order valence-electron chi connectivity index (χ4n) is 3.80. The van der Waals surface area contributed by atoms with Crippen LogP contribution in [0.1, 0.15) is 18.4 Å². The molecular weight excluding hydrogens is 412 g/mol. The van der Waals surface area contributed by atoms with Gasteiger partial charge in [0, 0.05) is 56.2 Å². The Bertz CT molecular complexity index is 786. The number of nitrogens with zero attached hydrogens (tertiary/aromatic N) is 3. The van der Waals surface area contributed by atoms with Crippen LogP contribution in [-0.2, 0) is 16.1 Å². The molecule has 10 nitrogen and oxygen atoms in total. The average molecular weight is 439 g/mol. The second kappa shape index (κ2) is 9.63. The summed E-state index contributed by atoms with van der Waals surface area (Å²) in [6, 6.07) is 5.03. The molecule has 3 rings (SSSR count). The molecule has 11 heteroatoms. The molecule has 0 spiro atoms. The molecule has 2 aliphatic heterocycles. The fraction of sp³-hybridized carbons (Fsp3) is 0.579. The van der Waals surface area contributed by atoms with E-state index in [1.54, 1.807) is 4.90 Å². The molecule has 0 radical (unpaired) electrons. The number of non-ortho nitro benzene ring substituents is 1. The molecule has 0 bridgehead atoms.